The van der Waals surface area contributed by atoms with Gasteiger partial charge in [-0.25, -0.2) is 8.42 Å². The van der Waals surface area contributed by atoms with Crippen LogP contribution in [0.25, 0.3) is 0 Å². The number of aromatic carboxylic acids is 1. The Morgan fingerprint density at radius 1 is 1.14 bits per heavy atom. The first-order valence-electron chi connectivity index (χ1n) is 5.62. The molecule has 0 saturated carbocycles. The summed E-state index contributed by atoms with van der Waals surface area (Å²) in [6.07, 6.45) is 0. The molecule has 0 saturated heterocycles. The van der Waals surface area contributed by atoms with Crippen LogP contribution in [0, 0.1) is 0 Å². The minimum atomic E-state index is -3.99. The summed E-state index contributed by atoms with van der Waals surface area (Å²) in [6.45, 7) is 0. The van der Waals surface area contributed by atoms with Crippen molar-refractivity contribution >= 4 is 33.3 Å². The van der Waals surface area contributed by atoms with E-state index in [9.17, 15) is 23.4 Å². The molecular weight excluding hydrogens is 357 g/mol. The van der Waals surface area contributed by atoms with Gasteiger partial charge in [-0.15, -0.1) is 0 Å². The summed E-state index contributed by atoms with van der Waals surface area (Å²) in [5, 5.41) is 20.6. The third-order valence-corrected chi connectivity index (χ3v) is 4.23. The Hall–Kier alpha value is -0.614. The number of carboxylic acids is 1. The predicted molar refractivity (Wildman–Crippen MR) is 74.7 cm³/mol. The van der Waals surface area contributed by atoms with Gasteiger partial charge in [-0.1, -0.05) is 11.6 Å². The first-order chi connectivity index (χ1) is 9.79. The molecule has 22 heavy (non-hydrogen) atoms. The molecular formula is C13H9ClKNO5S. The van der Waals surface area contributed by atoms with Gasteiger partial charge in [-0.3, -0.25) is 4.72 Å². The van der Waals surface area contributed by atoms with E-state index in [1.165, 1.54) is 24.3 Å². The third kappa shape index (κ3) is 4.69. The maximum Gasteiger partial charge on any atom is 1.00 e. The number of rotatable bonds is 4. The van der Waals surface area contributed by atoms with Crippen molar-refractivity contribution in [2.75, 3.05) is 4.72 Å². The zero-order valence-corrected chi connectivity index (χ0v) is 16.1. The summed E-state index contributed by atoms with van der Waals surface area (Å²) in [7, 11) is -3.99. The topological polar surface area (TPSA) is 107 Å². The molecule has 0 unspecified atom stereocenters. The van der Waals surface area contributed by atoms with Gasteiger partial charge < -0.3 is 15.0 Å². The molecule has 0 radical (unpaired) electrons. The average molecular weight is 366 g/mol. The smallest absolute Gasteiger partial charge is 0.545 e. The Kier molecular flexibility index (Phi) is 6.87. The van der Waals surface area contributed by atoms with Crippen LogP contribution >= 0.6 is 11.6 Å². The molecule has 0 amide bonds. The van der Waals surface area contributed by atoms with Crippen molar-refractivity contribution in [3.63, 3.8) is 0 Å². The van der Waals surface area contributed by atoms with Gasteiger partial charge in [0.25, 0.3) is 10.0 Å². The molecule has 0 bridgehead atoms. The zero-order valence-electron chi connectivity index (χ0n) is 11.4. The van der Waals surface area contributed by atoms with Crippen molar-refractivity contribution < 1.29 is 74.8 Å². The molecule has 0 heterocycles. The Morgan fingerprint density at radius 3 is 2.27 bits per heavy atom. The SMILES string of the molecule is O=C([O-])c1cc(S(=O)(=O)Nc2ccc(Cl)cc2)ccc1O.[K+]. The second-order valence-corrected chi connectivity index (χ2v) is 6.20. The summed E-state index contributed by atoms with van der Waals surface area (Å²) in [5.74, 6) is -2.24. The molecule has 0 atom stereocenters. The van der Waals surface area contributed by atoms with Gasteiger partial charge in [0.15, 0.2) is 0 Å². The van der Waals surface area contributed by atoms with Crippen LogP contribution in [0.2, 0.25) is 5.02 Å². The summed E-state index contributed by atoms with van der Waals surface area (Å²) < 4.78 is 26.5. The van der Waals surface area contributed by atoms with E-state index in [1.807, 2.05) is 0 Å². The van der Waals surface area contributed by atoms with Gasteiger partial charge in [-0.2, -0.15) is 0 Å². The normalized spacial score (nSPS) is 10.6. The number of carbonyl (C=O) groups is 1. The minimum absolute atomic E-state index is 0. The fourth-order valence-electron chi connectivity index (χ4n) is 1.58. The molecule has 0 fully saturated rings. The van der Waals surface area contributed by atoms with E-state index in [1.54, 1.807) is 0 Å². The number of anilines is 1. The molecule has 6 nitrogen and oxygen atoms in total. The van der Waals surface area contributed by atoms with Crippen molar-refractivity contribution in [2.24, 2.45) is 0 Å². The van der Waals surface area contributed by atoms with Gasteiger partial charge in [0, 0.05) is 16.3 Å². The second kappa shape index (κ2) is 7.78. The molecule has 0 aromatic heterocycles. The number of hydrogen-bond acceptors (Lipinski definition) is 5. The van der Waals surface area contributed by atoms with Crippen LogP contribution in [0.15, 0.2) is 47.4 Å². The second-order valence-electron chi connectivity index (χ2n) is 4.08. The molecule has 2 rings (SSSR count). The van der Waals surface area contributed by atoms with E-state index in [4.69, 9.17) is 11.6 Å². The van der Waals surface area contributed by atoms with Crippen LogP contribution in [0.3, 0.4) is 0 Å². The van der Waals surface area contributed by atoms with Crippen LogP contribution < -0.4 is 61.2 Å². The number of nitrogens with one attached hydrogen (secondary N) is 1. The average Bonchev–Trinajstić information content (AvgIpc) is 2.41. The van der Waals surface area contributed by atoms with Crippen LogP contribution in [-0.4, -0.2) is 19.5 Å². The van der Waals surface area contributed by atoms with Gasteiger partial charge in [-0.05, 0) is 42.5 Å². The number of hydrogen-bond donors (Lipinski definition) is 2. The Balaban J connectivity index is 0.00000242. The van der Waals surface area contributed by atoms with Crippen LogP contribution in [0.5, 0.6) is 5.75 Å². The van der Waals surface area contributed by atoms with Crippen molar-refractivity contribution in [1.29, 1.82) is 0 Å². The molecule has 0 aliphatic heterocycles. The van der Waals surface area contributed by atoms with E-state index < -0.39 is 27.3 Å². The van der Waals surface area contributed by atoms with Gasteiger partial charge in [0.1, 0.15) is 5.75 Å². The maximum atomic E-state index is 12.1. The van der Waals surface area contributed by atoms with Crippen LogP contribution in [0.1, 0.15) is 10.4 Å². The van der Waals surface area contributed by atoms with Gasteiger partial charge in [0.2, 0.25) is 0 Å². The Bertz CT molecular complexity index is 793. The summed E-state index contributed by atoms with van der Waals surface area (Å²) in [4.78, 5) is 10.5. The summed E-state index contributed by atoms with van der Waals surface area (Å²) >= 11 is 5.70. The fourth-order valence-corrected chi connectivity index (χ4v) is 2.79. The standard InChI is InChI=1S/C13H10ClNO5S.K/c14-8-1-3-9(4-2-8)15-21(19,20)10-5-6-12(16)11(7-10)13(17)18;/h1-7,15-16H,(H,17,18);/q;+1/p-1. The molecule has 2 aromatic carbocycles. The first kappa shape index (κ1) is 19.4. The predicted octanol–water partition coefficient (Wildman–Crippen LogP) is -1.79. The molecule has 0 spiro atoms. The minimum Gasteiger partial charge on any atom is -0.545 e. The van der Waals surface area contributed by atoms with Crippen molar-refractivity contribution in [3.8, 4) is 5.75 Å². The van der Waals surface area contributed by atoms with Crippen LogP contribution in [-0.2, 0) is 10.0 Å². The molecule has 9 heteroatoms. The summed E-state index contributed by atoms with van der Waals surface area (Å²) in [5.41, 5.74) is -0.337. The largest absolute Gasteiger partial charge is 1.00 e. The number of carboxylic acid groups (broad SMARTS) is 1. The van der Waals surface area contributed by atoms with E-state index in [0.717, 1.165) is 18.2 Å². The zero-order chi connectivity index (χ0) is 15.6. The summed E-state index contributed by atoms with van der Waals surface area (Å²) in [6, 6.07) is 8.80. The number of aromatic hydroxyl groups is 1. The molecule has 2 aromatic rings. The number of halogens is 1. The Morgan fingerprint density at radius 2 is 1.73 bits per heavy atom. The van der Waals surface area contributed by atoms with Gasteiger partial charge in [0.05, 0.1) is 10.9 Å². The fraction of sp³-hybridized carbons (Fsp3) is 0. The third-order valence-electron chi connectivity index (χ3n) is 2.59. The first-order valence-corrected chi connectivity index (χ1v) is 7.48. The Labute approximate surface area is 174 Å². The number of phenols is 1. The molecule has 0 aliphatic carbocycles. The van der Waals surface area contributed by atoms with E-state index in [2.05, 4.69) is 4.72 Å². The van der Waals surface area contributed by atoms with E-state index >= 15 is 0 Å². The quantitative estimate of drug-likeness (QED) is 0.623. The molecule has 110 valence electrons. The van der Waals surface area contributed by atoms with Crippen molar-refractivity contribution in [1.82, 2.24) is 0 Å². The van der Waals surface area contributed by atoms with Gasteiger partial charge >= 0.3 is 51.4 Å². The van der Waals surface area contributed by atoms with E-state index in [0.29, 0.717) is 5.02 Å². The van der Waals surface area contributed by atoms with Crippen LogP contribution in [0.4, 0.5) is 5.69 Å². The number of carbonyl (C=O) groups excluding carboxylic acids is 1. The number of benzene rings is 2. The molecule has 2 N–H and O–H groups in total. The monoisotopic (exact) mass is 365 g/mol. The number of sulfonamides is 1. The van der Waals surface area contributed by atoms with E-state index in [-0.39, 0.29) is 62.0 Å². The van der Waals surface area contributed by atoms with Crippen molar-refractivity contribution in [2.45, 2.75) is 4.90 Å². The van der Waals surface area contributed by atoms with Crippen molar-refractivity contribution in [3.05, 3.63) is 53.1 Å². The molecule has 0 aliphatic rings. The maximum absolute atomic E-state index is 12.1.